The number of anilines is 1. The van der Waals surface area contributed by atoms with Gasteiger partial charge in [0.05, 0.1) is 27.4 Å². The van der Waals surface area contributed by atoms with Gasteiger partial charge in [-0.05, 0) is 36.8 Å². The second kappa shape index (κ2) is 6.95. The average Bonchev–Trinajstić information content (AvgIpc) is 3.32. The van der Waals surface area contributed by atoms with Crippen molar-refractivity contribution in [3.05, 3.63) is 48.3 Å². The summed E-state index contributed by atoms with van der Waals surface area (Å²) in [5, 5.41) is 9.73. The van der Waals surface area contributed by atoms with Gasteiger partial charge in [0, 0.05) is 45.9 Å². The Bertz CT molecular complexity index is 1190. The monoisotopic (exact) mass is 396 g/mol. The summed E-state index contributed by atoms with van der Waals surface area (Å²) in [5.74, 6) is -0.226. The molecule has 2 N–H and O–H groups in total. The first-order chi connectivity index (χ1) is 13.4. The number of aromatic amines is 1. The summed E-state index contributed by atoms with van der Waals surface area (Å²) in [7, 11) is -2.93. The van der Waals surface area contributed by atoms with Gasteiger partial charge >= 0.3 is 0 Å². The van der Waals surface area contributed by atoms with E-state index in [0.717, 1.165) is 12.1 Å². The molecule has 0 aliphatic carbocycles. The number of hydrogen-bond acceptors (Lipinski definition) is 4. The van der Waals surface area contributed by atoms with Crippen LogP contribution in [0.2, 0.25) is 0 Å². The SMILES string of the molecule is CCS(=N)(=O)c1ccc(N2CC[C@@H](C#N)C2)c(-c2[nH]c3ccccc3c2F)c1. The van der Waals surface area contributed by atoms with Gasteiger partial charge in [0.2, 0.25) is 0 Å². The second-order valence-corrected chi connectivity index (χ2v) is 9.46. The third-order valence-corrected chi connectivity index (χ3v) is 7.21. The molecule has 7 heteroatoms. The van der Waals surface area contributed by atoms with E-state index in [0.29, 0.717) is 40.1 Å². The molecule has 4 rings (SSSR count). The first kappa shape index (κ1) is 18.5. The molecule has 0 radical (unpaired) electrons. The highest BCUT2D eigenvalue weighted by molar-refractivity contribution is 7.92. The molecule has 3 aromatic rings. The zero-order valence-electron chi connectivity index (χ0n) is 15.5. The van der Waals surface area contributed by atoms with Gasteiger partial charge in [-0.2, -0.15) is 5.26 Å². The summed E-state index contributed by atoms with van der Waals surface area (Å²) >= 11 is 0. The van der Waals surface area contributed by atoms with Crippen LogP contribution in [-0.4, -0.2) is 28.0 Å². The van der Waals surface area contributed by atoms with Crippen LogP contribution in [0, 0.1) is 27.8 Å². The number of benzene rings is 2. The first-order valence-corrected chi connectivity index (χ1v) is 11.0. The zero-order chi connectivity index (χ0) is 19.9. The predicted molar refractivity (Wildman–Crippen MR) is 109 cm³/mol. The van der Waals surface area contributed by atoms with Crippen molar-refractivity contribution in [3.8, 4) is 17.3 Å². The zero-order valence-corrected chi connectivity index (χ0v) is 16.4. The molecule has 1 aliphatic rings. The fraction of sp³-hybridized carbons (Fsp3) is 0.286. The molecule has 1 fully saturated rings. The topological polar surface area (TPSA) is 83.7 Å². The highest BCUT2D eigenvalue weighted by Crippen LogP contribution is 2.38. The molecule has 144 valence electrons. The summed E-state index contributed by atoms with van der Waals surface area (Å²) in [6.45, 7) is 3.00. The summed E-state index contributed by atoms with van der Waals surface area (Å²) < 4.78 is 36.0. The number of para-hydroxylation sites is 1. The van der Waals surface area contributed by atoms with Crippen molar-refractivity contribution < 1.29 is 8.60 Å². The number of halogens is 1. The quantitative estimate of drug-likeness (QED) is 0.667. The molecule has 1 aromatic heterocycles. The van der Waals surface area contributed by atoms with E-state index in [2.05, 4.69) is 16.0 Å². The van der Waals surface area contributed by atoms with Crippen molar-refractivity contribution in [2.75, 3.05) is 23.7 Å². The van der Waals surface area contributed by atoms with Crippen LogP contribution in [0.3, 0.4) is 0 Å². The summed E-state index contributed by atoms with van der Waals surface area (Å²) in [6.07, 6.45) is 0.761. The van der Waals surface area contributed by atoms with Gasteiger partial charge in [0.15, 0.2) is 5.82 Å². The lowest BCUT2D eigenvalue weighted by molar-refractivity contribution is 0.643. The lowest BCUT2D eigenvalue weighted by Gasteiger charge is -2.22. The lowest BCUT2D eigenvalue weighted by Crippen LogP contribution is -2.20. The maximum Gasteiger partial charge on any atom is 0.156 e. The van der Waals surface area contributed by atoms with Crippen LogP contribution < -0.4 is 4.90 Å². The summed E-state index contributed by atoms with van der Waals surface area (Å²) in [6, 6.07) is 14.6. The van der Waals surface area contributed by atoms with Crippen LogP contribution >= 0.6 is 0 Å². The van der Waals surface area contributed by atoms with Gasteiger partial charge in [-0.15, -0.1) is 0 Å². The third-order valence-electron chi connectivity index (χ3n) is 5.38. The minimum absolute atomic E-state index is 0.0591. The summed E-state index contributed by atoms with van der Waals surface area (Å²) in [5.41, 5.74) is 2.38. The van der Waals surface area contributed by atoms with E-state index in [-0.39, 0.29) is 17.5 Å². The Morgan fingerprint density at radius 2 is 2.14 bits per heavy atom. The van der Waals surface area contributed by atoms with Gasteiger partial charge < -0.3 is 9.88 Å². The normalized spacial score (nSPS) is 18.9. The molecule has 0 saturated carbocycles. The highest BCUT2D eigenvalue weighted by atomic mass is 32.2. The van der Waals surface area contributed by atoms with Crippen molar-refractivity contribution in [2.45, 2.75) is 18.2 Å². The largest absolute Gasteiger partial charge is 0.370 e. The van der Waals surface area contributed by atoms with E-state index >= 15 is 4.39 Å². The fourth-order valence-electron chi connectivity index (χ4n) is 3.74. The lowest BCUT2D eigenvalue weighted by atomic mass is 10.1. The maximum absolute atomic E-state index is 15.2. The minimum Gasteiger partial charge on any atom is -0.370 e. The van der Waals surface area contributed by atoms with Gasteiger partial charge in [-0.1, -0.05) is 19.1 Å². The molecule has 2 atom stereocenters. The Labute approximate surface area is 163 Å². The molecule has 1 saturated heterocycles. The van der Waals surface area contributed by atoms with Gasteiger partial charge in [0.25, 0.3) is 0 Å². The highest BCUT2D eigenvalue weighted by Gasteiger charge is 2.27. The number of hydrogen-bond donors (Lipinski definition) is 2. The Hall–Kier alpha value is -2.85. The molecule has 2 heterocycles. The molecule has 1 unspecified atom stereocenters. The predicted octanol–water partition coefficient (Wildman–Crippen LogP) is 4.75. The number of rotatable bonds is 4. The molecule has 28 heavy (non-hydrogen) atoms. The van der Waals surface area contributed by atoms with Crippen LogP contribution in [0.25, 0.3) is 22.2 Å². The summed E-state index contributed by atoms with van der Waals surface area (Å²) in [4.78, 5) is 5.60. The van der Waals surface area contributed by atoms with Crippen molar-refractivity contribution in [3.63, 3.8) is 0 Å². The van der Waals surface area contributed by atoms with E-state index in [1.165, 1.54) is 0 Å². The maximum atomic E-state index is 15.2. The van der Waals surface area contributed by atoms with E-state index in [1.54, 1.807) is 37.3 Å². The Balaban J connectivity index is 1.93. The number of aromatic nitrogens is 1. The molecular weight excluding hydrogens is 375 g/mol. The number of H-pyrrole nitrogens is 1. The second-order valence-electron chi connectivity index (χ2n) is 7.06. The Kier molecular flexibility index (Phi) is 4.60. The third kappa shape index (κ3) is 3.04. The number of nitriles is 1. The molecule has 5 nitrogen and oxygen atoms in total. The van der Waals surface area contributed by atoms with Crippen molar-refractivity contribution >= 4 is 26.3 Å². The standard InChI is InChI=1S/C21H21FN4OS/c1-2-28(24,27)15-7-8-19(26-10-9-14(12-23)13-26)17(11-15)21-20(22)16-5-3-4-6-18(16)25-21/h3-8,11,14,24-25H,2,9-10,13H2,1H3/t14-,28?/m0/s1. The minimum atomic E-state index is -2.93. The fourth-order valence-corrected chi connectivity index (χ4v) is 4.67. The number of nitrogens with one attached hydrogen (secondary N) is 2. The molecule has 0 bridgehead atoms. The molecule has 1 aliphatic heterocycles. The Morgan fingerprint density at radius 1 is 1.36 bits per heavy atom. The van der Waals surface area contributed by atoms with E-state index in [1.807, 2.05) is 12.1 Å². The van der Waals surface area contributed by atoms with Gasteiger partial charge in [-0.3, -0.25) is 0 Å². The van der Waals surface area contributed by atoms with Gasteiger partial charge in [0.1, 0.15) is 0 Å². The van der Waals surface area contributed by atoms with Crippen LogP contribution in [-0.2, 0) is 9.73 Å². The van der Waals surface area contributed by atoms with E-state index < -0.39 is 9.73 Å². The van der Waals surface area contributed by atoms with Gasteiger partial charge in [-0.25, -0.2) is 13.4 Å². The number of fused-ring (bicyclic) bond motifs is 1. The van der Waals surface area contributed by atoms with Crippen LogP contribution in [0.5, 0.6) is 0 Å². The van der Waals surface area contributed by atoms with E-state index in [9.17, 15) is 9.47 Å². The molecule has 0 amide bonds. The Morgan fingerprint density at radius 3 is 2.82 bits per heavy atom. The molecular formula is C21H21FN4OS. The first-order valence-electron chi connectivity index (χ1n) is 9.26. The number of nitrogens with zero attached hydrogens (tertiary/aromatic N) is 2. The van der Waals surface area contributed by atoms with Crippen molar-refractivity contribution in [2.24, 2.45) is 5.92 Å². The van der Waals surface area contributed by atoms with E-state index in [4.69, 9.17) is 4.78 Å². The average molecular weight is 396 g/mol. The van der Waals surface area contributed by atoms with Crippen LogP contribution in [0.15, 0.2) is 47.4 Å². The van der Waals surface area contributed by atoms with Crippen LogP contribution in [0.4, 0.5) is 10.1 Å². The van der Waals surface area contributed by atoms with Crippen molar-refractivity contribution in [1.82, 2.24) is 4.98 Å². The van der Waals surface area contributed by atoms with Crippen molar-refractivity contribution in [1.29, 1.82) is 10.0 Å². The molecule has 0 spiro atoms. The molecule has 2 aromatic carbocycles. The van der Waals surface area contributed by atoms with Crippen LogP contribution in [0.1, 0.15) is 13.3 Å². The smallest absolute Gasteiger partial charge is 0.156 e.